The molecule has 1 amide bonds. The van der Waals surface area contributed by atoms with Crippen LogP contribution < -0.4 is 5.32 Å². The molecule has 2 heterocycles. The highest BCUT2D eigenvalue weighted by atomic mass is 35.5. The van der Waals surface area contributed by atoms with Crippen molar-refractivity contribution in [2.75, 3.05) is 0 Å². The number of halogens is 1. The Morgan fingerprint density at radius 3 is 2.95 bits per heavy atom. The molecule has 0 aliphatic rings. The number of nitrogens with zero attached hydrogens (tertiary/aromatic N) is 2. The smallest absolute Gasteiger partial charge is 0.268 e. The van der Waals surface area contributed by atoms with Crippen molar-refractivity contribution in [1.29, 1.82) is 0 Å². The van der Waals surface area contributed by atoms with Gasteiger partial charge in [-0.15, -0.1) is 0 Å². The highest BCUT2D eigenvalue weighted by Crippen LogP contribution is 2.13. The monoisotopic (exact) mass is 281 g/mol. The number of nitrogens with one attached hydrogen (secondary N) is 1. The van der Waals surface area contributed by atoms with E-state index >= 15 is 0 Å². The van der Waals surface area contributed by atoms with Crippen LogP contribution in [-0.4, -0.2) is 15.6 Å². The Morgan fingerprint density at radius 2 is 2.32 bits per heavy atom. The highest BCUT2D eigenvalue weighted by molar-refractivity contribution is 6.31. The van der Waals surface area contributed by atoms with E-state index in [2.05, 4.69) is 17.4 Å². The summed E-state index contributed by atoms with van der Waals surface area (Å²) in [6, 6.07) is 3.49. The quantitative estimate of drug-likeness (QED) is 0.916. The molecule has 0 aliphatic heterocycles. The van der Waals surface area contributed by atoms with Crippen molar-refractivity contribution in [2.45, 2.75) is 26.3 Å². The van der Waals surface area contributed by atoms with Gasteiger partial charge in [-0.05, 0) is 12.5 Å². The Labute approximate surface area is 116 Å². The van der Waals surface area contributed by atoms with E-state index in [9.17, 15) is 4.79 Å². The third kappa shape index (κ3) is 3.38. The molecule has 0 aromatic carbocycles. The predicted octanol–water partition coefficient (Wildman–Crippen LogP) is 2.55. The second-order valence-electron chi connectivity index (χ2n) is 4.37. The molecular formula is C13H16ClN3O2. The predicted molar refractivity (Wildman–Crippen MR) is 72.1 cm³/mol. The Kier molecular flexibility index (Phi) is 4.27. The second-order valence-corrected chi connectivity index (χ2v) is 4.81. The first-order valence-electron chi connectivity index (χ1n) is 6.14. The Hall–Kier alpha value is -1.75. The van der Waals surface area contributed by atoms with Gasteiger partial charge in [0.2, 0.25) is 0 Å². The summed E-state index contributed by atoms with van der Waals surface area (Å²) in [6.45, 7) is 2.40. The summed E-state index contributed by atoms with van der Waals surface area (Å²) in [4.78, 5) is 11.9. The maximum absolute atomic E-state index is 11.9. The van der Waals surface area contributed by atoms with Crippen molar-refractivity contribution in [3.8, 4) is 0 Å². The Bertz CT molecular complexity index is 574. The summed E-state index contributed by atoms with van der Waals surface area (Å²) in [7, 11) is 1.77. The van der Waals surface area contributed by atoms with Crippen LogP contribution in [-0.2, 0) is 20.0 Å². The molecule has 6 heteroatoms. The first kappa shape index (κ1) is 13.7. The first-order chi connectivity index (χ1) is 9.10. The Balaban J connectivity index is 1.94. The van der Waals surface area contributed by atoms with E-state index in [-0.39, 0.29) is 5.91 Å². The highest BCUT2D eigenvalue weighted by Gasteiger charge is 2.12. The minimum atomic E-state index is -0.192. The summed E-state index contributed by atoms with van der Waals surface area (Å²) in [5.41, 5.74) is 1.42. The van der Waals surface area contributed by atoms with Crippen LogP contribution >= 0.6 is 11.6 Å². The van der Waals surface area contributed by atoms with Gasteiger partial charge in [0.25, 0.3) is 5.91 Å². The van der Waals surface area contributed by atoms with E-state index in [0.717, 1.165) is 18.5 Å². The molecule has 102 valence electrons. The SMILES string of the molecule is CCCc1cc(CNC(=O)c2cc(Cl)cn2C)on1. The van der Waals surface area contributed by atoms with Crippen molar-refractivity contribution in [3.05, 3.63) is 40.5 Å². The zero-order chi connectivity index (χ0) is 13.8. The second kappa shape index (κ2) is 5.93. The zero-order valence-corrected chi connectivity index (χ0v) is 11.7. The molecule has 0 spiro atoms. The van der Waals surface area contributed by atoms with Crippen LogP contribution in [0.3, 0.4) is 0 Å². The van der Waals surface area contributed by atoms with Crippen molar-refractivity contribution in [3.63, 3.8) is 0 Å². The summed E-state index contributed by atoms with van der Waals surface area (Å²) < 4.78 is 6.82. The fraction of sp³-hybridized carbons (Fsp3) is 0.385. The van der Waals surface area contributed by atoms with E-state index in [1.807, 2.05) is 6.07 Å². The summed E-state index contributed by atoms with van der Waals surface area (Å²) >= 11 is 5.84. The lowest BCUT2D eigenvalue weighted by Crippen LogP contribution is -2.24. The number of aromatic nitrogens is 2. The molecular weight excluding hydrogens is 266 g/mol. The van der Waals surface area contributed by atoms with Crippen molar-refractivity contribution >= 4 is 17.5 Å². The van der Waals surface area contributed by atoms with Crippen LogP contribution in [0.1, 0.15) is 35.3 Å². The Morgan fingerprint density at radius 1 is 1.53 bits per heavy atom. The van der Waals surface area contributed by atoms with Gasteiger partial charge in [-0.25, -0.2) is 0 Å². The van der Waals surface area contributed by atoms with Gasteiger partial charge in [0.1, 0.15) is 5.69 Å². The minimum absolute atomic E-state index is 0.192. The number of aryl methyl sites for hydroxylation is 2. The van der Waals surface area contributed by atoms with Gasteiger partial charge in [0, 0.05) is 19.3 Å². The molecule has 0 bridgehead atoms. The molecule has 0 atom stereocenters. The number of carbonyl (C=O) groups excluding carboxylic acids is 1. The van der Waals surface area contributed by atoms with Crippen molar-refractivity contribution in [1.82, 2.24) is 15.0 Å². The topological polar surface area (TPSA) is 60.1 Å². The normalized spacial score (nSPS) is 10.7. The lowest BCUT2D eigenvalue weighted by atomic mass is 10.2. The summed E-state index contributed by atoms with van der Waals surface area (Å²) in [6.07, 6.45) is 3.58. The molecule has 0 aliphatic carbocycles. The minimum Gasteiger partial charge on any atom is -0.359 e. The molecule has 0 saturated carbocycles. The van der Waals surface area contributed by atoms with Crippen molar-refractivity contribution < 1.29 is 9.32 Å². The fourth-order valence-corrected chi connectivity index (χ4v) is 2.07. The lowest BCUT2D eigenvalue weighted by Gasteiger charge is -2.03. The first-order valence-corrected chi connectivity index (χ1v) is 6.52. The number of amides is 1. The summed E-state index contributed by atoms with van der Waals surface area (Å²) in [5, 5.41) is 7.24. The molecule has 1 N–H and O–H groups in total. The zero-order valence-electron chi connectivity index (χ0n) is 10.9. The maximum atomic E-state index is 11.9. The molecule has 5 nitrogen and oxygen atoms in total. The van der Waals surface area contributed by atoms with Crippen LogP contribution in [0.2, 0.25) is 5.02 Å². The molecule has 2 aromatic heterocycles. The standard InChI is InChI=1S/C13H16ClN3O2/c1-3-4-10-6-11(19-16-10)7-15-13(18)12-5-9(14)8-17(12)2/h5-6,8H,3-4,7H2,1-2H3,(H,15,18). The third-order valence-corrected chi connectivity index (χ3v) is 2.95. The average Bonchev–Trinajstić information content (AvgIpc) is 2.93. The van der Waals surface area contributed by atoms with Crippen LogP contribution in [0.15, 0.2) is 22.9 Å². The molecule has 0 fully saturated rings. The number of carbonyl (C=O) groups is 1. The van der Waals surface area contributed by atoms with Crippen molar-refractivity contribution in [2.24, 2.45) is 7.05 Å². The molecule has 2 rings (SSSR count). The molecule has 0 unspecified atom stereocenters. The largest absolute Gasteiger partial charge is 0.359 e. The maximum Gasteiger partial charge on any atom is 0.268 e. The summed E-state index contributed by atoms with van der Waals surface area (Å²) in [5.74, 6) is 0.458. The van der Waals surface area contributed by atoms with Crippen LogP contribution in [0.4, 0.5) is 0 Å². The van der Waals surface area contributed by atoms with Gasteiger partial charge >= 0.3 is 0 Å². The van der Waals surface area contributed by atoms with E-state index in [1.54, 1.807) is 23.9 Å². The van der Waals surface area contributed by atoms with E-state index in [0.29, 0.717) is 23.0 Å². The van der Waals surface area contributed by atoms with E-state index < -0.39 is 0 Å². The number of hydrogen-bond donors (Lipinski definition) is 1. The lowest BCUT2D eigenvalue weighted by molar-refractivity contribution is 0.0939. The molecule has 19 heavy (non-hydrogen) atoms. The molecule has 0 radical (unpaired) electrons. The van der Waals surface area contributed by atoms with Crippen LogP contribution in [0.25, 0.3) is 0 Å². The van der Waals surface area contributed by atoms with Gasteiger partial charge < -0.3 is 14.4 Å². The van der Waals surface area contributed by atoms with Crippen LogP contribution in [0.5, 0.6) is 0 Å². The van der Waals surface area contributed by atoms with E-state index in [1.165, 1.54) is 0 Å². The van der Waals surface area contributed by atoms with Gasteiger partial charge in [0.05, 0.1) is 17.3 Å². The fourth-order valence-electron chi connectivity index (χ4n) is 1.82. The number of hydrogen-bond acceptors (Lipinski definition) is 3. The molecule has 2 aromatic rings. The number of rotatable bonds is 5. The van der Waals surface area contributed by atoms with Gasteiger partial charge in [0.15, 0.2) is 5.76 Å². The van der Waals surface area contributed by atoms with E-state index in [4.69, 9.17) is 16.1 Å². The van der Waals surface area contributed by atoms with Gasteiger partial charge in [-0.3, -0.25) is 4.79 Å². The molecule has 0 saturated heterocycles. The van der Waals surface area contributed by atoms with Gasteiger partial charge in [-0.2, -0.15) is 0 Å². The van der Waals surface area contributed by atoms with Crippen LogP contribution in [0, 0.1) is 0 Å². The third-order valence-electron chi connectivity index (χ3n) is 2.74. The average molecular weight is 282 g/mol. The van der Waals surface area contributed by atoms with Gasteiger partial charge in [-0.1, -0.05) is 30.1 Å².